The smallest absolute Gasteiger partial charge is 0.0860 e. The van der Waals surface area contributed by atoms with Gasteiger partial charge in [0.05, 0.1) is 16.4 Å². The predicted molar refractivity (Wildman–Crippen MR) is 85.1 cm³/mol. The summed E-state index contributed by atoms with van der Waals surface area (Å²) in [5, 5.41) is 8.99. The van der Waals surface area contributed by atoms with Crippen LogP contribution in [0.5, 0.6) is 0 Å². The lowest BCUT2D eigenvalue weighted by Crippen LogP contribution is -2.33. The van der Waals surface area contributed by atoms with E-state index in [0.717, 1.165) is 35.4 Å². The van der Waals surface area contributed by atoms with Gasteiger partial charge in [0.25, 0.3) is 0 Å². The molecular weight excluding hydrogens is 270 g/mol. The number of halogens is 1. The second-order valence-electron chi connectivity index (χ2n) is 6.08. The van der Waals surface area contributed by atoms with Gasteiger partial charge >= 0.3 is 0 Å². The zero-order valence-corrected chi connectivity index (χ0v) is 13.8. The van der Waals surface area contributed by atoms with Crippen LogP contribution >= 0.6 is 11.6 Å². The summed E-state index contributed by atoms with van der Waals surface area (Å²) in [7, 11) is 0. The highest BCUT2D eigenvalue weighted by molar-refractivity contribution is 6.31. The normalized spacial score (nSPS) is 19.0. The van der Waals surface area contributed by atoms with Crippen molar-refractivity contribution in [3.8, 4) is 0 Å². The molecule has 2 rings (SSSR count). The number of hydrogen-bond donors (Lipinski definition) is 1. The molecule has 0 unspecified atom stereocenters. The standard InChI is InChI=1S/C16H28ClN3/c1-4-20-15(16(17)13(3)19-20)11-18-12(2)14-9-7-5-6-8-10-14/h12,14,18H,4-11H2,1-3H3/t12-/m1/s1. The van der Waals surface area contributed by atoms with Gasteiger partial charge in [-0.25, -0.2) is 0 Å². The van der Waals surface area contributed by atoms with Crippen LogP contribution in [0.2, 0.25) is 5.02 Å². The van der Waals surface area contributed by atoms with Crippen LogP contribution in [0.4, 0.5) is 0 Å². The van der Waals surface area contributed by atoms with Crippen LogP contribution in [0.1, 0.15) is 63.8 Å². The van der Waals surface area contributed by atoms with E-state index >= 15 is 0 Å². The molecule has 1 saturated carbocycles. The Morgan fingerprint density at radius 3 is 2.55 bits per heavy atom. The highest BCUT2D eigenvalue weighted by Gasteiger charge is 2.20. The number of nitrogens with one attached hydrogen (secondary N) is 1. The summed E-state index contributed by atoms with van der Waals surface area (Å²) >= 11 is 6.36. The van der Waals surface area contributed by atoms with Gasteiger partial charge in [0, 0.05) is 19.1 Å². The van der Waals surface area contributed by atoms with Gasteiger partial charge in [-0.1, -0.05) is 37.3 Å². The fourth-order valence-corrected chi connectivity index (χ4v) is 3.48. The fourth-order valence-electron chi connectivity index (χ4n) is 3.27. The van der Waals surface area contributed by atoms with Crippen LogP contribution in [-0.4, -0.2) is 15.8 Å². The molecule has 0 spiro atoms. The van der Waals surface area contributed by atoms with Gasteiger partial charge in [-0.3, -0.25) is 4.68 Å². The average Bonchev–Trinajstić information content (AvgIpc) is 2.67. The van der Waals surface area contributed by atoms with Crippen molar-refractivity contribution in [2.45, 2.75) is 78.4 Å². The Hall–Kier alpha value is -0.540. The molecule has 0 bridgehead atoms. The maximum absolute atomic E-state index is 6.36. The number of nitrogens with zero attached hydrogens (tertiary/aromatic N) is 2. The summed E-state index contributed by atoms with van der Waals surface area (Å²) in [6, 6.07) is 0.560. The molecule has 1 N–H and O–H groups in total. The molecule has 1 heterocycles. The minimum Gasteiger partial charge on any atom is -0.308 e. The van der Waals surface area contributed by atoms with Crippen LogP contribution in [0.15, 0.2) is 0 Å². The Balaban J connectivity index is 1.94. The summed E-state index contributed by atoms with van der Waals surface area (Å²) in [5.74, 6) is 0.815. The summed E-state index contributed by atoms with van der Waals surface area (Å²) in [4.78, 5) is 0. The third-order valence-electron chi connectivity index (χ3n) is 4.65. The minimum absolute atomic E-state index is 0.560. The molecule has 1 aromatic rings. The van der Waals surface area contributed by atoms with Crippen molar-refractivity contribution in [1.82, 2.24) is 15.1 Å². The number of hydrogen-bond acceptors (Lipinski definition) is 2. The van der Waals surface area contributed by atoms with E-state index in [2.05, 4.69) is 24.3 Å². The lowest BCUT2D eigenvalue weighted by Gasteiger charge is -2.24. The maximum atomic E-state index is 6.36. The lowest BCUT2D eigenvalue weighted by atomic mass is 9.93. The molecule has 1 aliphatic rings. The third-order valence-corrected chi connectivity index (χ3v) is 5.14. The summed E-state index contributed by atoms with van der Waals surface area (Å²) in [6.07, 6.45) is 8.35. The van der Waals surface area contributed by atoms with Crippen molar-refractivity contribution in [3.63, 3.8) is 0 Å². The highest BCUT2D eigenvalue weighted by Crippen LogP contribution is 2.26. The molecule has 4 heteroatoms. The lowest BCUT2D eigenvalue weighted by molar-refractivity contribution is 0.333. The number of aryl methyl sites for hydroxylation is 2. The van der Waals surface area contributed by atoms with Crippen LogP contribution < -0.4 is 5.32 Å². The van der Waals surface area contributed by atoms with Crippen LogP contribution in [-0.2, 0) is 13.1 Å². The summed E-state index contributed by atoms with van der Waals surface area (Å²) in [5.41, 5.74) is 2.07. The van der Waals surface area contributed by atoms with Crippen LogP contribution in [0, 0.1) is 12.8 Å². The molecule has 0 aliphatic heterocycles. The minimum atomic E-state index is 0.560. The number of aromatic nitrogens is 2. The van der Waals surface area contributed by atoms with Crippen molar-refractivity contribution >= 4 is 11.6 Å². The molecule has 1 atom stereocenters. The Bertz CT molecular complexity index is 420. The first-order valence-corrected chi connectivity index (χ1v) is 8.46. The van der Waals surface area contributed by atoms with Gasteiger partial charge in [0.2, 0.25) is 0 Å². The van der Waals surface area contributed by atoms with E-state index in [9.17, 15) is 0 Å². The Labute approximate surface area is 128 Å². The van der Waals surface area contributed by atoms with E-state index in [1.807, 2.05) is 11.6 Å². The average molecular weight is 298 g/mol. The first-order chi connectivity index (χ1) is 9.63. The van der Waals surface area contributed by atoms with E-state index in [-0.39, 0.29) is 0 Å². The first kappa shape index (κ1) is 15.8. The Kier molecular flexibility index (Phi) is 5.91. The SMILES string of the molecule is CCn1nc(C)c(Cl)c1CN[C@H](C)C1CCCCCC1. The second-order valence-corrected chi connectivity index (χ2v) is 6.46. The molecule has 0 aromatic carbocycles. The van der Waals surface area contributed by atoms with E-state index in [4.69, 9.17) is 11.6 Å². The molecule has 0 amide bonds. The summed E-state index contributed by atoms with van der Waals surface area (Å²) < 4.78 is 2.02. The van der Waals surface area contributed by atoms with Gasteiger partial charge in [-0.05, 0) is 39.5 Å². The Morgan fingerprint density at radius 1 is 1.30 bits per heavy atom. The molecule has 0 saturated heterocycles. The number of rotatable bonds is 5. The predicted octanol–water partition coefficient (Wildman–Crippen LogP) is 4.31. The molecule has 114 valence electrons. The monoisotopic (exact) mass is 297 g/mol. The quantitative estimate of drug-likeness (QED) is 0.821. The fraction of sp³-hybridized carbons (Fsp3) is 0.812. The second kappa shape index (κ2) is 7.46. The van der Waals surface area contributed by atoms with Crippen molar-refractivity contribution in [3.05, 3.63) is 16.4 Å². The van der Waals surface area contributed by atoms with E-state index in [0.29, 0.717) is 6.04 Å². The van der Waals surface area contributed by atoms with E-state index < -0.39 is 0 Å². The highest BCUT2D eigenvalue weighted by atomic mass is 35.5. The van der Waals surface area contributed by atoms with Crippen LogP contribution in [0.25, 0.3) is 0 Å². The molecule has 3 nitrogen and oxygen atoms in total. The first-order valence-electron chi connectivity index (χ1n) is 8.08. The largest absolute Gasteiger partial charge is 0.308 e. The maximum Gasteiger partial charge on any atom is 0.0860 e. The molecule has 1 aliphatic carbocycles. The molecule has 1 fully saturated rings. The van der Waals surface area contributed by atoms with E-state index in [1.165, 1.54) is 38.5 Å². The van der Waals surface area contributed by atoms with Crippen molar-refractivity contribution < 1.29 is 0 Å². The van der Waals surface area contributed by atoms with E-state index in [1.54, 1.807) is 0 Å². The van der Waals surface area contributed by atoms with Crippen molar-refractivity contribution in [2.75, 3.05) is 0 Å². The molecule has 20 heavy (non-hydrogen) atoms. The zero-order valence-electron chi connectivity index (χ0n) is 13.1. The topological polar surface area (TPSA) is 29.9 Å². The molecular formula is C16H28ClN3. The zero-order chi connectivity index (χ0) is 14.5. The summed E-state index contributed by atoms with van der Waals surface area (Å²) in [6.45, 7) is 8.12. The molecule has 0 radical (unpaired) electrons. The van der Waals surface area contributed by atoms with Gasteiger partial charge < -0.3 is 5.32 Å². The Morgan fingerprint density at radius 2 is 1.95 bits per heavy atom. The van der Waals surface area contributed by atoms with Crippen molar-refractivity contribution in [1.29, 1.82) is 0 Å². The van der Waals surface area contributed by atoms with Gasteiger partial charge in [0.1, 0.15) is 0 Å². The third kappa shape index (κ3) is 3.76. The molecule has 1 aromatic heterocycles. The van der Waals surface area contributed by atoms with Gasteiger partial charge in [-0.2, -0.15) is 5.10 Å². The van der Waals surface area contributed by atoms with Crippen molar-refractivity contribution in [2.24, 2.45) is 5.92 Å². The van der Waals surface area contributed by atoms with Crippen LogP contribution in [0.3, 0.4) is 0 Å². The van der Waals surface area contributed by atoms with Gasteiger partial charge in [0.15, 0.2) is 0 Å². The van der Waals surface area contributed by atoms with Gasteiger partial charge in [-0.15, -0.1) is 0 Å².